The van der Waals surface area contributed by atoms with Crippen LogP contribution in [-0.2, 0) is 18.9 Å². The topological polar surface area (TPSA) is 36.9 Å². The minimum atomic E-state index is -0.427. The first-order chi connectivity index (χ1) is 32.8. The quantitative estimate of drug-likeness (QED) is 0.137. The Labute approximate surface area is 401 Å². The number of hydrogen-bond donors (Lipinski definition) is 0. The van der Waals surface area contributed by atoms with E-state index < -0.39 is 5.79 Å². The van der Waals surface area contributed by atoms with Crippen molar-refractivity contribution in [2.24, 2.45) is 16.2 Å². The Bertz CT molecular complexity index is 2210. The Morgan fingerprint density at radius 2 is 0.597 bits per heavy atom. The van der Waals surface area contributed by atoms with Crippen molar-refractivity contribution >= 4 is 0 Å². The van der Waals surface area contributed by atoms with Crippen LogP contribution in [0, 0.1) is 16.2 Å². The zero-order chi connectivity index (χ0) is 45.8. The molecule has 3 aliphatic heterocycles. The zero-order valence-corrected chi connectivity index (χ0v) is 40.3. The average Bonchev–Trinajstić information content (AvgIpc) is 4.21. The molecule has 2 unspecified atom stereocenters. The molecule has 6 fully saturated rings. The normalized spacial score (nSPS) is 30.4. The second-order valence-electron chi connectivity index (χ2n) is 21.0. The Kier molecular flexibility index (Phi) is 13.2. The molecular formula is C63H72O4. The lowest BCUT2D eigenvalue weighted by atomic mass is 9.61. The molecule has 6 aromatic carbocycles. The van der Waals surface area contributed by atoms with Crippen molar-refractivity contribution in [3.05, 3.63) is 215 Å². The van der Waals surface area contributed by atoms with E-state index in [0.717, 1.165) is 39.1 Å². The number of hydrogen-bond acceptors (Lipinski definition) is 4. The van der Waals surface area contributed by atoms with E-state index in [0.29, 0.717) is 17.8 Å². The van der Waals surface area contributed by atoms with Crippen molar-refractivity contribution in [2.45, 2.75) is 126 Å². The summed E-state index contributed by atoms with van der Waals surface area (Å²) in [5, 5.41) is 0. The highest BCUT2D eigenvalue weighted by Crippen LogP contribution is 2.66. The van der Waals surface area contributed by atoms with Gasteiger partial charge in [0.1, 0.15) is 0 Å². The molecule has 67 heavy (non-hydrogen) atoms. The average molecular weight is 893 g/mol. The first kappa shape index (κ1) is 45.9. The SMILES string of the molecule is COC12CCCC1(C(c1ccccc1)c1ccccc1)CCO2.C[C@@]12CCC[C@]1(C(c1ccccc1)c1ccccc1)CCO2.C[C@]12CCC[C@@]1(C(c1ccccc1)c1ccccc1)CCO2. The number of rotatable bonds is 10. The molecular weight excluding hydrogens is 821 g/mol. The van der Waals surface area contributed by atoms with Gasteiger partial charge in [0.2, 0.25) is 0 Å². The third kappa shape index (κ3) is 8.04. The second kappa shape index (κ2) is 19.3. The first-order valence-electron chi connectivity index (χ1n) is 25.6. The molecule has 0 bridgehead atoms. The van der Waals surface area contributed by atoms with Crippen molar-refractivity contribution in [1.82, 2.24) is 0 Å². The second-order valence-corrected chi connectivity index (χ2v) is 21.0. The predicted octanol–water partition coefficient (Wildman–Crippen LogP) is 15.1. The van der Waals surface area contributed by atoms with Crippen molar-refractivity contribution < 1.29 is 18.9 Å². The van der Waals surface area contributed by atoms with E-state index in [1.54, 1.807) is 0 Å². The van der Waals surface area contributed by atoms with Crippen LogP contribution in [0.3, 0.4) is 0 Å². The lowest BCUT2D eigenvalue weighted by Crippen LogP contribution is -2.46. The van der Waals surface area contributed by atoms with Gasteiger partial charge in [0.25, 0.3) is 0 Å². The third-order valence-corrected chi connectivity index (χ3v) is 18.2. The lowest BCUT2D eigenvalue weighted by molar-refractivity contribution is -0.235. The highest BCUT2D eigenvalue weighted by molar-refractivity contribution is 5.41. The van der Waals surface area contributed by atoms with Crippen molar-refractivity contribution in [2.75, 3.05) is 26.9 Å². The van der Waals surface area contributed by atoms with Crippen molar-refractivity contribution in [3.8, 4) is 0 Å². The maximum absolute atomic E-state index is 6.29. The molecule has 6 atom stereocenters. The van der Waals surface area contributed by atoms with Crippen LogP contribution in [0.5, 0.6) is 0 Å². The van der Waals surface area contributed by atoms with Crippen molar-refractivity contribution in [1.29, 1.82) is 0 Å². The molecule has 0 N–H and O–H groups in total. The molecule has 3 aliphatic carbocycles. The molecule has 12 rings (SSSR count). The van der Waals surface area contributed by atoms with Crippen LogP contribution >= 0.6 is 0 Å². The third-order valence-electron chi connectivity index (χ3n) is 18.2. The van der Waals surface area contributed by atoms with Gasteiger partial charge in [-0.05, 0) is 118 Å². The van der Waals surface area contributed by atoms with E-state index in [1.807, 2.05) is 7.11 Å². The van der Waals surface area contributed by atoms with E-state index in [2.05, 4.69) is 196 Å². The van der Waals surface area contributed by atoms with E-state index >= 15 is 0 Å². The fraction of sp³-hybridized carbons (Fsp3) is 0.429. The van der Waals surface area contributed by atoms with E-state index in [1.165, 1.54) is 91.2 Å². The molecule has 6 aromatic rings. The smallest absolute Gasteiger partial charge is 0.174 e. The Hall–Kier alpha value is -4.84. The maximum atomic E-state index is 6.29. The van der Waals surface area contributed by atoms with Crippen LogP contribution in [0.2, 0.25) is 0 Å². The Balaban J connectivity index is 0.000000118. The summed E-state index contributed by atoms with van der Waals surface area (Å²) < 4.78 is 24.8. The van der Waals surface area contributed by atoms with Crippen LogP contribution in [0.1, 0.15) is 142 Å². The summed E-state index contributed by atoms with van der Waals surface area (Å²) in [6.45, 7) is 7.32. The minimum Gasteiger partial charge on any atom is -0.375 e. The summed E-state index contributed by atoms with van der Waals surface area (Å²) in [5.41, 5.74) is 9.07. The van der Waals surface area contributed by atoms with Crippen molar-refractivity contribution in [3.63, 3.8) is 0 Å². The van der Waals surface area contributed by atoms with Gasteiger partial charge in [0.15, 0.2) is 5.79 Å². The van der Waals surface area contributed by atoms with Gasteiger partial charge in [-0.1, -0.05) is 182 Å². The first-order valence-corrected chi connectivity index (χ1v) is 25.6. The summed E-state index contributed by atoms with van der Waals surface area (Å²) >= 11 is 0. The number of methoxy groups -OCH3 is 1. The molecule has 4 heteroatoms. The molecule has 348 valence electrons. The summed E-state index contributed by atoms with van der Waals surface area (Å²) in [6.07, 6.45) is 14.3. The monoisotopic (exact) mass is 893 g/mol. The van der Waals surface area contributed by atoms with Gasteiger partial charge < -0.3 is 18.9 Å². The van der Waals surface area contributed by atoms with Crippen LogP contribution in [0.15, 0.2) is 182 Å². The lowest BCUT2D eigenvalue weighted by Gasteiger charge is -2.44. The number of benzene rings is 6. The summed E-state index contributed by atoms with van der Waals surface area (Å²) in [4.78, 5) is 0. The number of ether oxygens (including phenoxy) is 4. The molecule has 6 aliphatic rings. The van der Waals surface area contributed by atoms with Gasteiger partial charge in [-0.3, -0.25) is 0 Å². The highest BCUT2D eigenvalue weighted by Gasteiger charge is 2.64. The molecule has 3 saturated heterocycles. The Morgan fingerprint density at radius 1 is 0.328 bits per heavy atom. The van der Waals surface area contributed by atoms with E-state index in [9.17, 15) is 0 Å². The van der Waals surface area contributed by atoms with Crippen LogP contribution in [0.25, 0.3) is 0 Å². The predicted molar refractivity (Wildman–Crippen MR) is 271 cm³/mol. The standard InChI is InChI=1S/C21H24O2.2C21H24O/c1-22-21-14-8-13-20(21,15-16-23-21)19(17-9-4-2-5-10-17)18-11-6-3-7-12-18;2*1-20-13-8-14-21(20,15-16-22-20)19(17-9-4-2-5-10-17)18-11-6-3-7-12-18/h2-7,9-12,19H,8,13-16H2,1H3;2*2-7,9-12,19H,8,13-16H2,1H3/t;2*20-,21-/m.10/s1. The molecule has 0 aromatic heterocycles. The largest absolute Gasteiger partial charge is 0.375 e. The Morgan fingerprint density at radius 3 is 0.925 bits per heavy atom. The van der Waals surface area contributed by atoms with Crippen LogP contribution < -0.4 is 0 Å². The van der Waals surface area contributed by atoms with Gasteiger partial charge in [-0.2, -0.15) is 0 Å². The summed E-state index contributed by atoms with van der Waals surface area (Å²) in [7, 11) is 1.82. The van der Waals surface area contributed by atoms with E-state index in [-0.39, 0.29) is 27.4 Å². The van der Waals surface area contributed by atoms with Gasteiger partial charge in [-0.15, -0.1) is 0 Å². The summed E-state index contributed by atoms with van der Waals surface area (Å²) in [6, 6.07) is 65.9. The van der Waals surface area contributed by atoms with E-state index in [4.69, 9.17) is 18.9 Å². The van der Waals surface area contributed by atoms with Crippen LogP contribution in [-0.4, -0.2) is 43.9 Å². The molecule has 3 saturated carbocycles. The highest BCUT2D eigenvalue weighted by atomic mass is 16.7. The zero-order valence-electron chi connectivity index (χ0n) is 40.3. The van der Waals surface area contributed by atoms with Gasteiger partial charge >= 0.3 is 0 Å². The number of fused-ring (bicyclic) bond motifs is 3. The minimum absolute atomic E-state index is 0.0311. The fourth-order valence-electron chi connectivity index (χ4n) is 15.1. The molecule has 0 amide bonds. The van der Waals surface area contributed by atoms with Crippen LogP contribution in [0.4, 0.5) is 0 Å². The molecule has 0 radical (unpaired) electrons. The van der Waals surface area contributed by atoms with Gasteiger partial charge in [0, 0.05) is 60.7 Å². The molecule has 0 spiro atoms. The van der Waals surface area contributed by atoms with Gasteiger partial charge in [0.05, 0.1) is 17.8 Å². The summed E-state index contributed by atoms with van der Waals surface area (Å²) in [5.74, 6) is 0.758. The van der Waals surface area contributed by atoms with Gasteiger partial charge in [-0.25, -0.2) is 0 Å². The molecule has 4 nitrogen and oxygen atoms in total. The maximum Gasteiger partial charge on any atom is 0.174 e. The molecule has 3 heterocycles. The fourth-order valence-corrected chi connectivity index (χ4v) is 15.1.